The van der Waals surface area contributed by atoms with Gasteiger partial charge in [0.05, 0.1) is 0 Å². The van der Waals surface area contributed by atoms with Crippen LogP contribution in [0.3, 0.4) is 0 Å². The Kier molecular flexibility index (Phi) is 1.45. The van der Waals surface area contributed by atoms with Gasteiger partial charge >= 0.3 is 0 Å². The zero-order valence-corrected chi connectivity index (χ0v) is 4.40. The van der Waals surface area contributed by atoms with Gasteiger partial charge in [0.1, 0.15) is 6.17 Å². The van der Waals surface area contributed by atoms with Gasteiger partial charge in [0.25, 0.3) is 5.91 Å². The average Bonchev–Trinajstić information content (AvgIpc) is 2.12. The van der Waals surface area contributed by atoms with E-state index in [1.807, 2.05) is 0 Å². The van der Waals surface area contributed by atoms with Gasteiger partial charge in [-0.05, 0) is 0 Å². The molecule has 3 N–H and O–H groups in total. The highest BCUT2D eigenvalue weighted by Crippen LogP contribution is 1.82. The molecule has 8 heavy (non-hydrogen) atoms. The van der Waals surface area contributed by atoms with Gasteiger partial charge in [-0.1, -0.05) is 0 Å². The van der Waals surface area contributed by atoms with Crippen molar-refractivity contribution in [3.8, 4) is 0 Å². The molecule has 45 valence electrons. The molecule has 1 aliphatic rings. The molecule has 0 bridgehead atoms. The zero-order valence-electron chi connectivity index (χ0n) is 4.40. The third kappa shape index (κ3) is 0.962. The topological polar surface area (TPSA) is 64.9 Å². The largest absolute Gasteiger partial charge is 0.293 e. The Morgan fingerprint density at radius 2 is 2.00 bits per heavy atom. The molecule has 1 saturated heterocycles. The first-order valence-corrected chi connectivity index (χ1v) is 2.53. The van der Waals surface area contributed by atoms with Gasteiger partial charge in [-0.2, -0.15) is 0 Å². The van der Waals surface area contributed by atoms with E-state index >= 15 is 0 Å². The van der Waals surface area contributed by atoms with Crippen LogP contribution in [0, 0.1) is 0 Å². The van der Waals surface area contributed by atoms with Crippen LogP contribution in [0.4, 0.5) is 0 Å². The zero-order chi connectivity index (χ0) is 5.98. The number of hydrogen-bond donors (Lipinski definition) is 2. The Labute approximate surface area is 47.4 Å². The second kappa shape index (κ2) is 2.11. The highest BCUT2D eigenvalue weighted by atomic mass is 16.1. The van der Waals surface area contributed by atoms with Gasteiger partial charge in [0.2, 0.25) is 0 Å². The van der Waals surface area contributed by atoms with Crippen LogP contribution in [-0.2, 0) is 4.79 Å². The molecule has 1 aliphatic heterocycles. The fourth-order valence-electron chi connectivity index (χ4n) is 0.691. The van der Waals surface area contributed by atoms with Crippen molar-refractivity contribution in [2.45, 2.75) is 6.17 Å². The summed E-state index contributed by atoms with van der Waals surface area (Å²) in [6, 6.07) is 0. The maximum atomic E-state index is 10.2. The number of carbonyl (C=O) groups is 1. The van der Waals surface area contributed by atoms with E-state index in [9.17, 15) is 4.79 Å². The van der Waals surface area contributed by atoms with E-state index < -0.39 is 12.1 Å². The first-order chi connectivity index (χ1) is 3.80. The summed E-state index contributed by atoms with van der Waals surface area (Å²) in [5.41, 5.74) is 6.61. The molecule has 1 rings (SSSR count). The van der Waals surface area contributed by atoms with Crippen LogP contribution in [-0.4, -0.2) is 25.2 Å². The molecule has 0 aromatic carbocycles. The van der Waals surface area contributed by atoms with Crippen molar-refractivity contribution in [2.75, 3.05) is 13.1 Å². The minimum Gasteiger partial charge on any atom is -0.293 e. The summed E-state index contributed by atoms with van der Waals surface area (Å²) < 4.78 is 0. The van der Waals surface area contributed by atoms with Gasteiger partial charge in [0.15, 0.2) is 0 Å². The second-order valence-electron chi connectivity index (χ2n) is 1.71. The molecule has 0 aromatic heterocycles. The SMILES string of the molecule is [NH]C(=O)C1NCCN1. The minimum atomic E-state index is -0.581. The Morgan fingerprint density at radius 1 is 1.50 bits per heavy atom. The van der Waals surface area contributed by atoms with Crippen LogP contribution in [0.25, 0.3) is 0 Å². The quantitative estimate of drug-likeness (QED) is 0.427. The van der Waals surface area contributed by atoms with Crippen LogP contribution in [0.2, 0.25) is 0 Å². The van der Waals surface area contributed by atoms with Crippen molar-refractivity contribution in [2.24, 2.45) is 0 Å². The first-order valence-electron chi connectivity index (χ1n) is 2.53. The molecule has 1 radical (unpaired) electrons. The summed E-state index contributed by atoms with van der Waals surface area (Å²) in [6.07, 6.45) is -0.407. The first kappa shape index (κ1) is 5.53. The molecule has 0 aliphatic carbocycles. The summed E-state index contributed by atoms with van der Waals surface area (Å²) in [6.45, 7) is 1.57. The lowest BCUT2D eigenvalue weighted by molar-refractivity contribution is -0.120. The number of rotatable bonds is 1. The average molecular weight is 114 g/mol. The van der Waals surface area contributed by atoms with Crippen molar-refractivity contribution in [1.82, 2.24) is 16.4 Å². The number of carbonyl (C=O) groups excluding carboxylic acids is 1. The summed E-state index contributed by atoms with van der Waals surface area (Å²) >= 11 is 0. The molecule has 0 aromatic rings. The van der Waals surface area contributed by atoms with E-state index in [2.05, 4.69) is 10.6 Å². The summed E-state index contributed by atoms with van der Waals surface area (Å²) in [5.74, 6) is -0.581. The van der Waals surface area contributed by atoms with Crippen LogP contribution in [0.15, 0.2) is 0 Å². The molecule has 1 fully saturated rings. The van der Waals surface area contributed by atoms with Gasteiger partial charge in [0, 0.05) is 13.1 Å². The molecule has 1 heterocycles. The molecule has 4 heteroatoms. The molecular formula is C4H8N3O. The molecule has 0 unspecified atom stereocenters. The third-order valence-electron chi connectivity index (χ3n) is 1.08. The molecule has 0 saturated carbocycles. The summed E-state index contributed by atoms with van der Waals surface area (Å²) in [4.78, 5) is 10.2. The lowest BCUT2D eigenvalue weighted by Crippen LogP contribution is -2.39. The van der Waals surface area contributed by atoms with E-state index in [-0.39, 0.29) is 0 Å². The predicted octanol–water partition coefficient (Wildman–Crippen LogP) is -1.69. The normalized spacial score (nSPS) is 21.5. The van der Waals surface area contributed by atoms with Crippen LogP contribution >= 0.6 is 0 Å². The lowest BCUT2D eigenvalue weighted by Gasteiger charge is -2.01. The Morgan fingerprint density at radius 3 is 2.25 bits per heavy atom. The van der Waals surface area contributed by atoms with Crippen LogP contribution in [0.1, 0.15) is 0 Å². The van der Waals surface area contributed by atoms with E-state index in [1.165, 1.54) is 0 Å². The molecular weight excluding hydrogens is 106 g/mol. The highest BCUT2D eigenvalue weighted by molar-refractivity contribution is 5.78. The van der Waals surface area contributed by atoms with Gasteiger partial charge < -0.3 is 0 Å². The number of nitrogens with one attached hydrogen (secondary N) is 3. The van der Waals surface area contributed by atoms with Gasteiger partial charge in [-0.3, -0.25) is 21.2 Å². The number of hydrogen-bond acceptors (Lipinski definition) is 3. The Balaban J connectivity index is 2.35. The van der Waals surface area contributed by atoms with Crippen molar-refractivity contribution in [3.05, 3.63) is 0 Å². The maximum Gasteiger partial charge on any atom is 0.270 e. The Hall–Kier alpha value is -0.610. The van der Waals surface area contributed by atoms with Gasteiger partial charge in [-0.15, -0.1) is 0 Å². The van der Waals surface area contributed by atoms with Crippen molar-refractivity contribution >= 4 is 5.91 Å². The molecule has 1 amide bonds. The number of amides is 1. The molecule has 0 atom stereocenters. The van der Waals surface area contributed by atoms with Crippen molar-refractivity contribution in [3.63, 3.8) is 0 Å². The highest BCUT2D eigenvalue weighted by Gasteiger charge is 2.17. The minimum absolute atomic E-state index is 0.407. The second-order valence-corrected chi connectivity index (χ2v) is 1.71. The predicted molar refractivity (Wildman–Crippen MR) is 27.9 cm³/mol. The molecule has 4 nitrogen and oxygen atoms in total. The lowest BCUT2D eigenvalue weighted by atomic mass is 10.5. The fraction of sp³-hybridized carbons (Fsp3) is 0.750. The third-order valence-corrected chi connectivity index (χ3v) is 1.08. The van der Waals surface area contributed by atoms with Crippen LogP contribution < -0.4 is 16.4 Å². The summed E-state index contributed by atoms with van der Waals surface area (Å²) in [7, 11) is 0. The smallest absolute Gasteiger partial charge is 0.270 e. The van der Waals surface area contributed by atoms with Gasteiger partial charge in [-0.25, -0.2) is 0 Å². The standard InChI is InChI=1S/C4H8N3O/c5-3(8)4-6-1-2-7-4/h4-7H,1-2H2. The fourth-order valence-corrected chi connectivity index (χ4v) is 0.691. The molecule has 0 spiro atoms. The van der Waals surface area contributed by atoms with Crippen molar-refractivity contribution in [1.29, 1.82) is 0 Å². The van der Waals surface area contributed by atoms with Crippen LogP contribution in [0.5, 0.6) is 0 Å². The monoisotopic (exact) mass is 114 g/mol. The Bertz CT molecular complexity index is 97.5. The van der Waals surface area contributed by atoms with E-state index in [1.54, 1.807) is 0 Å². The van der Waals surface area contributed by atoms with Crippen molar-refractivity contribution < 1.29 is 4.79 Å². The van der Waals surface area contributed by atoms with E-state index in [0.717, 1.165) is 13.1 Å². The maximum absolute atomic E-state index is 10.2. The van der Waals surface area contributed by atoms with E-state index in [0.29, 0.717) is 0 Å². The summed E-state index contributed by atoms with van der Waals surface area (Å²) in [5, 5.41) is 5.62. The van der Waals surface area contributed by atoms with E-state index in [4.69, 9.17) is 5.73 Å².